The van der Waals surface area contributed by atoms with Crippen LogP contribution in [0.1, 0.15) is 20.7 Å². The molecular formula is C16H14N2O4S. The van der Waals surface area contributed by atoms with E-state index in [1.165, 1.54) is 18.2 Å². The maximum atomic E-state index is 11.9. The molecule has 0 aliphatic rings. The van der Waals surface area contributed by atoms with Gasteiger partial charge in [0.25, 0.3) is 0 Å². The number of anilines is 1. The van der Waals surface area contributed by atoms with Crippen LogP contribution in [0.4, 0.5) is 5.69 Å². The van der Waals surface area contributed by atoms with Gasteiger partial charge in [0.1, 0.15) is 0 Å². The number of primary amides is 1. The molecule has 6 nitrogen and oxygen atoms in total. The number of carbonyl (C=O) groups excluding carboxylic acids is 2. The highest BCUT2D eigenvalue weighted by molar-refractivity contribution is 8.00. The zero-order chi connectivity index (χ0) is 16.8. The van der Waals surface area contributed by atoms with Crippen LogP contribution in [0, 0.1) is 0 Å². The molecule has 0 heterocycles. The number of hydrogen-bond acceptors (Lipinski definition) is 4. The van der Waals surface area contributed by atoms with E-state index in [9.17, 15) is 14.4 Å². The summed E-state index contributed by atoms with van der Waals surface area (Å²) in [6, 6.07) is 12.7. The predicted molar refractivity (Wildman–Crippen MR) is 87.7 cm³/mol. The minimum atomic E-state index is -1.03. The van der Waals surface area contributed by atoms with Crippen molar-refractivity contribution in [3.63, 3.8) is 0 Å². The first kappa shape index (κ1) is 16.6. The van der Waals surface area contributed by atoms with Gasteiger partial charge in [-0.15, -0.1) is 11.8 Å². The highest BCUT2D eigenvalue weighted by Crippen LogP contribution is 2.23. The van der Waals surface area contributed by atoms with Gasteiger partial charge in [-0.2, -0.15) is 0 Å². The van der Waals surface area contributed by atoms with E-state index < -0.39 is 11.9 Å². The standard InChI is InChI=1S/C16H14N2O4S/c17-15(20)10-5-7-11(8-6-10)18-14(19)9-23-13-4-2-1-3-12(13)16(21)22/h1-8H,9H2,(H2,17,20)(H,18,19)(H,21,22). The molecule has 2 aromatic carbocycles. The van der Waals surface area contributed by atoms with Gasteiger partial charge in [-0.25, -0.2) is 4.79 Å². The molecule has 0 aliphatic heterocycles. The minimum absolute atomic E-state index is 0.0713. The van der Waals surface area contributed by atoms with Crippen molar-refractivity contribution < 1.29 is 19.5 Å². The minimum Gasteiger partial charge on any atom is -0.478 e. The number of carboxylic acids is 1. The molecule has 0 aromatic heterocycles. The predicted octanol–water partition coefficient (Wildman–Crippen LogP) is 2.21. The molecule has 0 spiro atoms. The summed E-state index contributed by atoms with van der Waals surface area (Å²) in [6.07, 6.45) is 0. The van der Waals surface area contributed by atoms with Crippen LogP contribution in [0.2, 0.25) is 0 Å². The number of nitrogens with one attached hydrogen (secondary N) is 1. The van der Waals surface area contributed by atoms with Crippen molar-refractivity contribution >= 4 is 35.2 Å². The fraction of sp³-hybridized carbons (Fsp3) is 0.0625. The van der Waals surface area contributed by atoms with E-state index in [-0.39, 0.29) is 17.2 Å². The maximum Gasteiger partial charge on any atom is 0.336 e. The summed E-state index contributed by atoms with van der Waals surface area (Å²) in [5, 5.41) is 11.8. The average molecular weight is 330 g/mol. The Kier molecular flexibility index (Phi) is 5.37. The third-order valence-corrected chi connectivity index (χ3v) is 4.00. The summed E-state index contributed by atoms with van der Waals surface area (Å²) >= 11 is 1.14. The molecule has 2 rings (SSSR count). The Labute approximate surface area is 136 Å². The molecule has 2 aromatic rings. The second-order valence-electron chi connectivity index (χ2n) is 4.58. The van der Waals surface area contributed by atoms with Crippen molar-refractivity contribution in [2.75, 3.05) is 11.1 Å². The molecule has 0 saturated heterocycles. The first-order chi connectivity index (χ1) is 11.0. The lowest BCUT2D eigenvalue weighted by Gasteiger charge is -2.07. The van der Waals surface area contributed by atoms with E-state index in [0.29, 0.717) is 16.1 Å². The van der Waals surface area contributed by atoms with E-state index in [2.05, 4.69) is 5.32 Å². The Bertz CT molecular complexity index is 744. The SMILES string of the molecule is NC(=O)c1ccc(NC(=O)CSc2ccccc2C(=O)O)cc1. The van der Waals surface area contributed by atoms with Gasteiger partial charge in [-0.1, -0.05) is 12.1 Å². The Morgan fingerprint density at radius 2 is 1.70 bits per heavy atom. The number of carboxylic acid groups (broad SMARTS) is 1. The summed E-state index contributed by atoms with van der Waals surface area (Å²) in [7, 11) is 0. The number of benzene rings is 2. The van der Waals surface area contributed by atoms with E-state index >= 15 is 0 Å². The molecule has 0 bridgehead atoms. The molecule has 0 atom stereocenters. The van der Waals surface area contributed by atoms with E-state index in [4.69, 9.17) is 10.8 Å². The first-order valence-corrected chi connectivity index (χ1v) is 7.61. The summed E-state index contributed by atoms with van der Waals surface area (Å²) in [5.41, 5.74) is 6.19. The van der Waals surface area contributed by atoms with E-state index in [0.717, 1.165) is 11.8 Å². The monoisotopic (exact) mass is 330 g/mol. The van der Waals surface area contributed by atoms with Gasteiger partial charge in [0.2, 0.25) is 11.8 Å². The fourth-order valence-corrected chi connectivity index (χ4v) is 2.67. The molecule has 2 amide bonds. The lowest BCUT2D eigenvalue weighted by atomic mass is 10.2. The molecular weight excluding hydrogens is 316 g/mol. The summed E-state index contributed by atoms with van der Waals surface area (Å²) in [6.45, 7) is 0. The van der Waals surface area contributed by atoms with Crippen LogP contribution in [0.25, 0.3) is 0 Å². The van der Waals surface area contributed by atoms with Crippen LogP contribution in [0.5, 0.6) is 0 Å². The fourth-order valence-electron chi connectivity index (χ4n) is 1.83. The van der Waals surface area contributed by atoms with Crippen molar-refractivity contribution in [3.05, 3.63) is 59.7 Å². The van der Waals surface area contributed by atoms with Crippen LogP contribution in [-0.2, 0) is 4.79 Å². The van der Waals surface area contributed by atoms with Crippen molar-refractivity contribution in [3.8, 4) is 0 Å². The number of amides is 2. The highest BCUT2D eigenvalue weighted by Gasteiger charge is 2.11. The first-order valence-electron chi connectivity index (χ1n) is 6.62. The van der Waals surface area contributed by atoms with E-state index in [1.807, 2.05) is 0 Å². The molecule has 23 heavy (non-hydrogen) atoms. The number of thioether (sulfide) groups is 1. The molecule has 0 radical (unpaired) electrons. The Morgan fingerprint density at radius 1 is 1.04 bits per heavy atom. The molecule has 0 aliphatic carbocycles. The number of aromatic carboxylic acids is 1. The third-order valence-electron chi connectivity index (χ3n) is 2.93. The normalized spacial score (nSPS) is 10.1. The number of nitrogens with two attached hydrogens (primary N) is 1. The van der Waals surface area contributed by atoms with Gasteiger partial charge in [0.05, 0.1) is 11.3 Å². The third kappa shape index (κ3) is 4.58. The molecule has 0 unspecified atom stereocenters. The Balaban J connectivity index is 1.95. The quantitative estimate of drug-likeness (QED) is 0.704. The lowest BCUT2D eigenvalue weighted by molar-refractivity contribution is -0.113. The number of hydrogen-bond donors (Lipinski definition) is 3. The summed E-state index contributed by atoms with van der Waals surface area (Å²) < 4.78 is 0. The average Bonchev–Trinajstić information content (AvgIpc) is 2.53. The van der Waals surface area contributed by atoms with Gasteiger partial charge in [-0.3, -0.25) is 9.59 Å². The van der Waals surface area contributed by atoms with Crippen LogP contribution in [0.15, 0.2) is 53.4 Å². The summed E-state index contributed by atoms with van der Waals surface area (Å²) in [4.78, 5) is 34.5. The molecule has 4 N–H and O–H groups in total. The second-order valence-corrected chi connectivity index (χ2v) is 5.60. The van der Waals surface area contributed by atoms with Crippen LogP contribution >= 0.6 is 11.8 Å². The number of carbonyl (C=O) groups is 3. The largest absolute Gasteiger partial charge is 0.478 e. The molecule has 7 heteroatoms. The van der Waals surface area contributed by atoms with E-state index in [1.54, 1.807) is 30.3 Å². The smallest absolute Gasteiger partial charge is 0.336 e. The van der Waals surface area contributed by atoms with Gasteiger partial charge >= 0.3 is 5.97 Å². The van der Waals surface area contributed by atoms with Crippen molar-refractivity contribution in [2.45, 2.75) is 4.90 Å². The van der Waals surface area contributed by atoms with Crippen LogP contribution in [0.3, 0.4) is 0 Å². The maximum absolute atomic E-state index is 11.9. The molecule has 0 saturated carbocycles. The zero-order valence-electron chi connectivity index (χ0n) is 12.0. The van der Waals surface area contributed by atoms with Gasteiger partial charge in [0.15, 0.2) is 0 Å². The summed E-state index contributed by atoms with van der Waals surface area (Å²) in [5.74, 6) is -1.77. The van der Waals surface area contributed by atoms with Crippen molar-refractivity contribution in [2.24, 2.45) is 5.73 Å². The number of rotatable bonds is 6. The highest BCUT2D eigenvalue weighted by atomic mass is 32.2. The van der Waals surface area contributed by atoms with Gasteiger partial charge < -0.3 is 16.2 Å². The van der Waals surface area contributed by atoms with Crippen molar-refractivity contribution in [1.82, 2.24) is 0 Å². The topological polar surface area (TPSA) is 109 Å². The van der Waals surface area contributed by atoms with Gasteiger partial charge in [0, 0.05) is 16.1 Å². The molecule has 118 valence electrons. The molecule has 0 fully saturated rings. The lowest BCUT2D eigenvalue weighted by Crippen LogP contribution is -2.15. The Hall–Kier alpha value is -2.80. The zero-order valence-corrected chi connectivity index (χ0v) is 12.8. The van der Waals surface area contributed by atoms with Crippen LogP contribution < -0.4 is 11.1 Å². The Morgan fingerprint density at radius 3 is 2.30 bits per heavy atom. The van der Waals surface area contributed by atoms with Gasteiger partial charge in [-0.05, 0) is 36.4 Å². The van der Waals surface area contributed by atoms with Crippen LogP contribution in [-0.4, -0.2) is 28.6 Å². The second kappa shape index (κ2) is 7.46. The van der Waals surface area contributed by atoms with Crippen molar-refractivity contribution in [1.29, 1.82) is 0 Å².